The van der Waals surface area contributed by atoms with Gasteiger partial charge in [0.1, 0.15) is 11.6 Å². The summed E-state index contributed by atoms with van der Waals surface area (Å²) in [5.41, 5.74) is 2.94. The summed E-state index contributed by atoms with van der Waals surface area (Å²) in [4.78, 5) is 27.0. The molecule has 1 aromatic heterocycles. The van der Waals surface area contributed by atoms with E-state index in [-0.39, 0.29) is 42.2 Å². The Labute approximate surface area is 220 Å². The predicted octanol–water partition coefficient (Wildman–Crippen LogP) is 2.53. The van der Waals surface area contributed by atoms with E-state index in [4.69, 9.17) is 4.74 Å². The number of aromatic amines is 1. The minimum atomic E-state index is -3.73. The normalized spacial score (nSPS) is 16.2. The number of benzene rings is 2. The number of aromatic nitrogens is 2. The lowest BCUT2D eigenvalue weighted by molar-refractivity contribution is 0.0693. The molecule has 1 aliphatic carbocycles. The van der Waals surface area contributed by atoms with Gasteiger partial charge in [-0.05, 0) is 73.2 Å². The second kappa shape index (κ2) is 10.7. The summed E-state index contributed by atoms with van der Waals surface area (Å²) in [5, 5.41) is 6.81. The fraction of sp³-hybridized carbons (Fsp3) is 0.370. The quantitative estimate of drug-likeness (QED) is 0.514. The Morgan fingerprint density at radius 1 is 1.03 bits per heavy atom. The van der Waals surface area contributed by atoms with Crippen LogP contribution in [0.2, 0.25) is 0 Å². The van der Waals surface area contributed by atoms with Crippen LogP contribution >= 0.6 is 0 Å². The number of fused-ring (bicyclic) bond motifs is 1. The number of nitrogens with one attached hydrogen (secondary N) is 1. The van der Waals surface area contributed by atoms with E-state index in [0.29, 0.717) is 24.2 Å². The lowest BCUT2D eigenvalue weighted by Gasteiger charge is -2.34. The Morgan fingerprint density at radius 3 is 2.39 bits per heavy atom. The predicted molar refractivity (Wildman–Crippen MR) is 138 cm³/mol. The van der Waals surface area contributed by atoms with Gasteiger partial charge in [-0.1, -0.05) is 6.07 Å². The van der Waals surface area contributed by atoms with Crippen LogP contribution in [-0.2, 0) is 29.3 Å². The Hall–Kier alpha value is -3.57. The molecule has 200 valence electrons. The molecule has 11 heteroatoms. The van der Waals surface area contributed by atoms with Crippen LogP contribution in [0.25, 0.3) is 0 Å². The van der Waals surface area contributed by atoms with Crippen molar-refractivity contribution in [2.75, 3.05) is 33.3 Å². The second-order valence-corrected chi connectivity index (χ2v) is 11.5. The van der Waals surface area contributed by atoms with Crippen molar-refractivity contribution in [2.24, 2.45) is 0 Å². The number of carbonyl (C=O) groups excluding carboxylic acids is 1. The van der Waals surface area contributed by atoms with E-state index in [2.05, 4.69) is 10.2 Å². The van der Waals surface area contributed by atoms with E-state index in [9.17, 15) is 22.4 Å². The second-order valence-electron chi connectivity index (χ2n) is 9.53. The average Bonchev–Trinajstić information content (AvgIpc) is 2.95. The molecule has 1 aliphatic heterocycles. The van der Waals surface area contributed by atoms with Crippen molar-refractivity contribution in [2.45, 2.75) is 37.0 Å². The van der Waals surface area contributed by atoms with Crippen LogP contribution in [0, 0.1) is 5.82 Å². The monoisotopic (exact) mass is 540 g/mol. The molecule has 0 atom stereocenters. The lowest BCUT2D eigenvalue weighted by Crippen LogP contribution is -2.50. The summed E-state index contributed by atoms with van der Waals surface area (Å²) in [6, 6.07) is 10.6. The molecular weight excluding hydrogens is 511 g/mol. The number of H-pyrrole nitrogens is 1. The third-order valence-electron chi connectivity index (χ3n) is 7.24. The molecule has 3 aromatic rings. The fourth-order valence-electron chi connectivity index (χ4n) is 5.11. The number of sulfonamides is 1. The molecule has 2 heterocycles. The molecule has 1 fully saturated rings. The molecule has 0 bridgehead atoms. The van der Waals surface area contributed by atoms with Gasteiger partial charge in [0.05, 0.1) is 23.3 Å². The SMILES string of the molecule is COc1ccc(S(=O)(=O)N2CCN(C(=O)c3cc(Cc4n[nH]c(=O)c5c4CCCC5)ccc3F)CC2)cc1. The molecule has 1 amide bonds. The molecule has 0 unspecified atom stereocenters. The van der Waals surface area contributed by atoms with Gasteiger partial charge in [-0.3, -0.25) is 9.59 Å². The van der Waals surface area contributed by atoms with Crippen molar-refractivity contribution in [3.05, 3.63) is 86.6 Å². The Kier molecular flexibility index (Phi) is 7.31. The van der Waals surface area contributed by atoms with E-state index in [0.717, 1.165) is 36.1 Å². The highest BCUT2D eigenvalue weighted by molar-refractivity contribution is 7.89. The van der Waals surface area contributed by atoms with Crippen molar-refractivity contribution < 1.29 is 22.3 Å². The van der Waals surface area contributed by atoms with E-state index in [1.807, 2.05) is 0 Å². The van der Waals surface area contributed by atoms with Crippen LogP contribution in [0.15, 0.2) is 52.2 Å². The number of ether oxygens (including phenoxy) is 1. The Balaban J connectivity index is 1.29. The number of methoxy groups -OCH3 is 1. The van der Waals surface area contributed by atoms with Gasteiger partial charge < -0.3 is 9.64 Å². The van der Waals surface area contributed by atoms with Gasteiger partial charge in [0, 0.05) is 38.2 Å². The van der Waals surface area contributed by atoms with Crippen LogP contribution in [-0.4, -0.2) is 67.0 Å². The molecule has 5 rings (SSSR count). The van der Waals surface area contributed by atoms with Crippen molar-refractivity contribution in [3.63, 3.8) is 0 Å². The maximum absolute atomic E-state index is 14.8. The fourth-order valence-corrected chi connectivity index (χ4v) is 6.53. The lowest BCUT2D eigenvalue weighted by atomic mass is 9.90. The Bertz CT molecular complexity index is 1510. The standard InChI is InChI=1S/C27H29FN4O5S/c1-37-19-7-9-20(10-8-19)38(35,36)32-14-12-31(13-15-32)27(34)23-16-18(6-11-24(23)28)17-25-21-4-2-3-5-22(21)26(33)30-29-25/h6-11,16H,2-5,12-15,17H2,1H3,(H,30,33). The van der Waals surface area contributed by atoms with Gasteiger partial charge >= 0.3 is 0 Å². The first-order valence-electron chi connectivity index (χ1n) is 12.6. The first kappa shape index (κ1) is 26.1. The summed E-state index contributed by atoms with van der Waals surface area (Å²) in [6.45, 7) is 0.503. The zero-order valence-corrected chi connectivity index (χ0v) is 21.9. The van der Waals surface area contributed by atoms with Gasteiger partial charge in [0.25, 0.3) is 11.5 Å². The molecule has 1 saturated heterocycles. The maximum Gasteiger partial charge on any atom is 0.267 e. The molecule has 0 spiro atoms. The third-order valence-corrected chi connectivity index (χ3v) is 9.15. The summed E-state index contributed by atoms with van der Waals surface area (Å²) < 4.78 is 47.2. The van der Waals surface area contributed by atoms with Crippen molar-refractivity contribution >= 4 is 15.9 Å². The van der Waals surface area contributed by atoms with Crippen LogP contribution in [0.1, 0.15) is 45.6 Å². The smallest absolute Gasteiger partial charge is 0.267 e. The molecular formula is C27H29FN4O5S. The molecule has 1 N–H and O–H groups in total. The highest BCUT2D eigenvalue weighted by Gasteiger charge is 2.31. The number of piperazine rings is 1. The number of carbonyl (C=O) groups is 1. The number of rotatable bonds is 6. The minimum Gasteiger partial charge on any atom is -0.497 e. The van der Waals surface area contributed by atoms with Gasteiger partial charge in [0.15, 0.2) is 0 Å². The summed E-state index contributed by atoms with van der Waals surface area (Å²) in [5.74, 6) is -0.564. The van der Waals surface area contributed by atoms with E-state index < -0.39 is 21.7 Å². The Morgan fingerprint density at radius 2 is 1.71 bits per heavy atom. The summed E-state index contributed by atoms with van der Waals surface area (Å²) in [6.07, 6.45) is 3.81. The maximum atomic E-state index is 14.8. The molecule has 38 heavy (non-hydrogen) atoms. The average molecular weight is 541 g/mol. The van der Waals surface area contributed by atoms with E-state index >= 15 is 0 Å². The molecule has 2 aliphatic rings. The zero-order chi connectivity index (χ0) is 26.9. The highest BCUT2D eigenvalue weighted by Crippen LogP contribution is 2.24. The van der Waals surface area contributed by atoms with Crippen LogP contribution < -0.4 is 10.3 Å². The number of halogens is 1. The van der Waals surface area contributed by atoms with Gasteiger partial charge in [-0.15, -0.1) is 0 Å². The molecule has 0 saturated carbocycles. The topological polar surface area (TPSA) is 113 Å². The van der Waals surface area contributed by atoms with Crippen molar-refractivity contribution in [1.29, 1.82) is 0 Å². The van der Waals surface area contributed by atoms with E-state index in [1.165, 1.54) is 40.6 Å². The third kappa shape index (κ3) is 5.08. The van der Waals surface area contributed by atoms with Crippen molar-refractivity contribution in [1.82, 2.24) is 19.4 Å². The van der Waals surface area contributed by atoms with E-state index in [1.54, 1.807) is 18.2 Å². The first-order chi connectivity index (χ1) is 18.3. The van der Waals surface area contributed by atoms with Gasteiger partial charge in [-0.25, -0.2) is 17.9 Å². The zero-order valence-electron chi connectivity index (χ0n) is 21.1. The minimum absolute atomic E-state index is 0.0627. The number of hydrogen-bond acceptors (Lipinski definition) is 6. The molecule has 9 nitrogen and oxygen atoms in total. The first-order valence-corrected chi connectivity index (χ1v) is 14.0. The molecule has 2 aromatic carbocycles. The largest absolute Gasteiger partial charge is 0.497 e. The number of hydrogen-bond donors (Lipinski definition) is 1. The summed E-state index contributed by atoms with van der Waals surface area (Å²) >= 11 is 0. The number of amides is 1. The van der Waals surface area contributed by atoms with Crippen LogP contribution in [0.3, 0.4) is 0 Å². The summed E-state index contributed by atoms with van der Waals surface area (Å²) in [7, 11) is -2.22. The van der Waals surface area contributed by atoms with Gasteiger partial charge in [0.2, 0.25) is 10.0 Å². The van der Waals surface area contributed by atoms with Gasteiger partial charge in [-0.2, -0.15) is 9.40 Å². The van der Waals surface area contributed by atoms with Crippen LogP contribution in [0.5, 0.6) is 5.75 Å². The van der Waals surface area contributed by atoms with Crippen molar-refractivity contribution in [3.8, 4) is 5.75 Å². The molecule has 0 radical (unpaired) electrons. The number of nitrogens with zero attached hydrogens (tertiary/aromatic N) is 3. The highest BCUT2D eigenvalue weighted by atomic mass is 32.2. The van der Waals surface area contributed by atoms with Crippen LogP contribution in [0.4, 0.5) is 4.39 Å².